The quantitative estimate of drug-likeness (QED) is 0.426. The number of benzene rings is 3. The van der Waals surface area contributed by atoms with Crippen molar-refractivity contribution in [2.75, 3.05) is 13.4 Å². The summed E-state index contributed by atoms with van der Waals surface area (Å²) in [6.45, 7) is 2.84. The third kappa shape index (κ3) is 4.23. The highest BCUT2D eigenvalue weighted by molar-refractivity contribution is 5.81. The molecule has 34 heavy (non-hydrogen) atoms. The summed E-state index contributed by atoms with van der Waals surface area (Å²) in [5.41, 5.74) is 0.912. The molecule has 0 atom stereocenters. The molecule has 2 heterocycles. The predicted molar refractivity (Wildman–Crippen MR) is 126 cm³/mol. The van der Waals surface area contributed by atoms with Crippen LogP contribution in [0.2, 0.25) is 0 Å². The van der Waals surface area contributed by atoms with Crippen molar-refractivity contribution in [2.24, 2.45) is 5.10 Å². The highest BCUT2D eigenvalue weighted by atomic mass is 16.7. The van der Waals surface area contributed by atoms with Crippen molar-refractivity contribution >= 4 is 17.1 Å². The Labute approximate surface area is 193 Å². The average Bonchev–Trinajstić information content (AvgIpc) is 3.31. The maximum absolute atomic E-state index is 12.7. The van der Waals surface area contributed by atoms with Crippen LogP contribution < -0.4 is 30.2 Å². The van der Waals surface area contributed by atoms with Crippen LogP contribution in [0.5, 0.6) is 23.0 Å². The van der Waals surface area contributed by atoms with Gasteiger partial charge in [-0.15, -0.1) is 4.68 Å². The first-order chi connectivity index (χ1) is 16.6. The Morgan fingerprint density at radius 1 is 1.00 bits per heavy atom. The zero-order chi connectivity index (χ0) is 23.5. The zero-order valence-electron chi connectivity index (χ0n) is 18.3. The highest BCUT2D eigenvalue weighted by Crippen LogP contribution is 2.34. The zero-order valence-corrected chi connectivity index (χ0v) is 18.3. The fourth-order valence-corrected chi connectivity index (χ4v) is 3.57. The first-order valence-electron chi connectivity index (χ1n) is 10.7. The van der Waals surface area contributed by atoms with Gasteiger partial charge in [0.2, 0.25) is 6.79 Å². The molecule has 0 radical (unpaired) electrons. The number of aromatic amines is 1. The Hall–Kier alpha value is -4.53. The number of fused-ring (bicyclic) bond motifs is 2. The van der Waals surface area contributed by atoms with Gasteiger partial charge in [-0.25, -0.2) is 4.79 Å². The molecule has 0 saturated heterocycles. The van der Waals surface area contributed by atoms with Crippen LogP contribution in [0.1, 0.15) is 18.1 Å². The van der Waals surface area contributed by atoms with Crippen LogP contribution >= 0.6 is 0 Å². The summed E-state index contributed by atoms with van der Waals surface area (Å²) in [4.78, 5) is 27.6. The number of aromatic nitrogens is 2. The lowest BCUT2D eigenvalue weighted by atomic mass is 10.2. The van der Waals surface area contributed by atoms with Crippen molar-refractivity contribution in [3.63, 3.8) is 0 Å². The lowest BCUT2D eigenvalue weighted by Crippen LogP contribution is -2.32. The van der Waals surface area contributed by atoms with Gasteiger partial charge in [-0.2, -0.15) is 5.10 Å². The van der Waals surface area contributed by atoms with Gasteiger partial charge in [-0.1, -0.05) is 18.2 Å². The van der Waals surface area contributed by atoms with E-state index in [1.807, 2.05) is 25.1 Å². The van der Waals surface area contributed by atoms with Crippen molar-refractivity contribution in [1.29, 1.82) is 0 Å². The van der Waals surface area contributed by atoms with Gasteiger partial charge in [0.25, 0.3) is 5.56 Å². The molecule has 0 fully saturated rings. The molecule has 172 valence electrons. The van der Waals surface area contributed by atoms with Crippen LogP contribution in [0, 0.1) is 0 Å². The molecule has 0 bridgehead atoms. The SMILES string of the molecule is CCOc1cc(C=Nn2c(=O)[nH]c3ccccc3c2=O)ccc1OCc1ccc2c(c1)OCO2. The summed E-state index contributed by atoms with van der Waals surface area (Å²) in [5.74, 6) is 2.48. The summed E-state index contributed by atoms with van der Waals surface area (Å²) < 4.78 is 23.2. The summed E-state index contributed by atoms with van der Waals surface area (Å²) in [6, 6.07) is 17.7. The van der Waals surface area contributed by atoms with Crippen molar-refractivity contribution in [3.05, 3.63) is 92.6 Å². The molecule has 0 amide bonds. The molecule has 1 N–H and O–H groups in total. The Balaban J connectivity index is 1.38. The van der Waals surface area contributed by atoms with E-state index in [0.29, 0.717) is 52.7 Å². The molecular formula is C25H21N3O6. The Morgan fingerprint density at radius 2 is 1.85 bits per heavy atom. The summed E-state index contributed by atoms with van der Waals surface area (Å²) in [7, 11) is 0. The second-order valence-electron chi connectivity index (χ2n) is 7.45. The number of nitrogens with one attached hydrogen (secondary N) is 1. The topological polar surface area (TPSA) is 104 Å². The number of H-pyrrole nitrogens is 1. The Kier molecular flexibility index (Phi) is 5.73. The minimum absolute atomic E-state index is 0.217. The Morgan fingerprint density at radius 3 is 2.74 bits per heavy atom. The van der Waals surface area contributed by atoms with Gasteiger partial charge in [0.15, 0.2) is 23.0 Å². The fourth-order valence-electron chi connectivity index (χ4n) is 3.57. The van der Waals surface area contributed by atoms with Crippen molar-refractivity contribution in [2.45, 2.75) is 13.5 Å². The molecule has 9 nitrogen and oxygen atoms in total. The minimum Gasteiger partial charge on any atom is -0.490 e. The van der Waals surface area contributed by atoms with Crippen LogP contribution in [0.4, 0.5) is 0 Å². The molecule has 0 spiro atoms. The fraction of sp³-hybridized carbons (Fsp3) is 0.160. The predicted octanol–water partition coefficient (Wildman–Crippen LogP) is 3.28. The molecule has 0 unspecified atom stereocenters. The van der Waals surface area contributed by atoms with E-state index in [1.54, 1.807) is 42.5 Å². The second kappa shape index (κ2) is 9.14. The standard InChI is InChI=1S/C25H21N3O6/c1-2-31-22-11-16(13-26-28-24(29)18-5-3-4-6-19(18)27-25(28)30)7-9-20(22)32-14-17-8-10-21-23(12-17)34-15-33-21/h3-13H,2,14-15H2,1H3,(H,27,30). The van der Waals surface area contributed by atoms with E-state index >= 15 is 0 Å². The van der Waals surface area contributed by atoms with Gasteiger partial charge in [0.1, 0.15) is 6.61 Å². The molecule has 9 heteroatoms. The number of hydrogen-bond donors (Lipinski definition) is 1. The van der Waals surface area contributed by atoms with Gasteiger partial charge < -0.3 is 23.9 Å². The molecule has 1 aliphatic heterocycles. The van der Waals surface area contributed by atoms with Crippen LogP contribution in [-0.2, 0) is 6.61 Å². The molecule has 1 aromatic heterocycles. The van der Waals surface area contributed by atoms with Gasteiger partial charge >= 0.3 is 5.69 Å². The monoisotopic (exact) mass is 459 g/mol. The van der Waals surface area contributed by atoms with E-state index in [4.69, 9.17) is 18.9 Å². The van der Waals surface area contributed by atoms with Crippen molar-refractivity contribution in [3.8, 4) is 23.0 Å². The Bertz CT molecular complexity index is 1510. The third-order valence-corrected chi connectivity index (χ3v) is 5.21. The average molecular weight is 459 g/mol. The first kappa shape index (κ1) is 21.3. The lowest BCUT2D eigenvalue weighted by Gasteiger charge is -2.13. The number of ether oxygens (including phenoxy) is 4. The summed E-state index contributed by atoms with van der Waals surface area (Å²) >= 11 is 0. The smallest absolute Gasteiger partial charge is 0.349 e. The number of nitrogens with zero attached hydrogens (tertiary/aromatic N) is 2. The molecule has 0 saturated carbocycles. The van der Waals surface area contributed by atoms with E-state index in [0.717, 1.165) is 10.2 Å². The van der Waals surface area contributed by atoms with Crippen LogP contribution in [0.25, 0.3) is 10.9 Å². The largest absolute Gasteiger partial charge is 0.490 e. The first-order valence-corrected chi connectivity index (χ1v) is 10.7. The maximum atomic E-state index is 12.7. The number of rotatable bonds is 7. The van der Waals surface area contributed by atoms with E-state index in [9.17, 15) is 9.59 Å². The van der Waals surface area contributed by atoms with Crippen LogP contribution in [0.15, 0.2) is 75.4 Å². The highest BCUT2D eigenvalue weighted by Gasteiger charge is 2.14. The minimum atomic E-state index is -0.617. The van der Waals surface area contributed by atoms with E-state index in [1.165, 1.54) is 6.21 Å². The van der Waals surface area contributed by atoms with E-state index < -0.39 is 11.2 Å². The van der Waals surface area contributed by atoms with E-state index in [2.05, 4.69) is 10.1 Å². The van der Waals surface area contributed by atoms with Crippen LogP contribution in [0.3, 0.4) is 0 Å². The maximum Gasteiger partial charge on any atom is 0.349 e. The summed E-state index contributed by atoms with van der Waals surface area (Å²) in [5, 5.41) is 4.47. The van der Waals surface area contributed by atoms with Gasteiger partial charge in [0.05, 0.1) is 23.7 Å². The van der Waals surface area contributed by atoms with Gasteiger partial charge in [0, 0.05) is 0 Å². The van der Waals surface area contributed by atoms with E-state index in [-0.39, 0.29) is 6.79 Å². The van der Waals surface area contributed by atoms with Crippen molar-refractivity contribution < 1.29 is 18.9 Å². The lowest BCUT2D eigenvalue weighted by molar-refractivity contribution is 0.174. The number of hydrogen-bond acceptors (Lipinski definition) is 7. The third-order valence-electron chi connectivity index (χ3n) is 5.21. The molecule has 5 rings (SSSR count). The summed E-state index contributed by atoms with van der Waals surface area (Å²) in [6.07, 6.45) is 1.43. The molecule has 1 aliphatic rings. The van der Waals surface area contributed by atoms with Crippen molar-refractivity contribution in [1.82, 2.24) is 9.66 Å². The normalized spacial score (nSPS) is 12.4. The number of para-hydroxylation sites is 1. The molecule has 0 aliphatic carbocycles. The second-order valence-corrected chi connectivity index (χ2v) is 7.45. The van der Waals surface area contributed by atoms with Gasteiger partial charge in [-0.05, 0) is 60.5 Å². The molecule has 4 aromatic rings. The molecule has 3 aromatic carbocycles. The van der Waals surface area contributed by atoms with Crippen LogP contribution in [-0.4, -0.2) is 29.3 Å². The van der Waals surface area contributed by atoms with Gasteiger partial charge in [-0.3, -0.25) is 4.79 Å². The molecular weight excluding hydrogens is 438 g/mol.